The molecule has 1 rings (SSSR count). The lowest BCUT2D eigenvalue weighted by Gasteiger charge is -2.43. The van der Waals surface area contributed by atoms with Crippen molar-refractivity contribution in [2.45, 2.75) is 210 Å². The van der Waals surface area contributed by atoms with E-state index in [4.69, 9.17) is 18.5 Å². The predicted octanol–water partition coefficient (Wildman–Crippen LogP) is 7.56. The Morgan fingerprint density at radius 2 is 1.04 bits per heavy atom. The van der Waals surface area contributed by atoms with Crippen LogP contribution >= 0.6 is 15.6 Å². The van der Waals surface area contributed by atoms with Gasteiger partial charge in [-0.25, -0.2) is 9.13 Å². The van der Waals surface area contributed by atoms with Gasteiger partial charge in [0.25, 0.3) is 0 Å². The number of phosphoric acid groups is 2. The summed E-state index contributed by atoms with van der Waals surface area (Å²) in [5, 5.41) is 61.3. The molecule has 0 aromatic rings. The lowest BCUT2D eigenvalue weighted by molar-refractivity contribution is -0.216. The monoisotopic (exact) mass is 1020 g/mol. The number of hydrogen-bond acceptors (Lipinski definition) is 15. The van der Waals surface area contributed by atoms with Gasteiger partial charge in [-0.1, -0.05) is 177 Å². The molecule has 0 aromatic heterocycles. The van der Waals surface area contributed by atoms with Gasteiger partial charge in [0.1, 0.15) is 43.2 Å². The molecule has 18 nitrogen and oxygen atoms in total. The number of allylic oxidation sites excluding steroid dienone is 8. The number of aliphatic hydroxyl groups is 6. The van der Waals surface area contributed by atoms with Gasteiger partial charge in [-0.3, -0.25) is 23.2 Å². The van der Waals surface area contributed by atoms with E-state index < -0.39 is 95.7 Å². The zero-order chi connectivity index (χ0) is 51.3. The molecule has 9 N–H and O–H groups in total. The van der Waals surface area contributed by atoms with Crippen LogP contribution in [0.3, 0.4) is 0 Å². The van der Waals surface area contributed by atoms with Crippen molar-refractivity contribution < 1.29 is 87.1 Å². The first-order valence-corrected chi connectivity index (χ1v) is 27.7. The Hall–Kier alpha value is -2.64. The van der Waals surface area contributed by atoms with E-state index in [0.717, 1.165) is 32.1 Å². The maximum Gasteiger partial charge on any atom is 0.472 e. The van der Waals surface area contributed by atoms with Gasteiger partial charge in [-0.15, -0.1) is 0 Å². The maximum atomic E-state index is 13.0. The third-order valence-corrected chi connectivity index (χ3v) is 12.5. The molecule has 398 valence electrons. The summed E-state index contributed by atoms with van der Waals surface area (Å²) in [4.78, 5) is 54.3. The molecule has 0 aliphatic heterocycles. The molecular formula is C49H84O18P2. The summed E-state index contributed by atoms with van der Waals surface area (Å²) in [6.07, 6.45) is 24.9. The summed E-state index contributed by atoms with van der Waals surface area (Å²) in [6.45, 7) is 2.78. The van der Waals surface area contributed by atoms with Crippen LogP contribution in [0.5, 0.6) is 0 Å². The molecule has 1 saturated carbocycles. The highest BCUT2D eigenvalue weighted by molar-refractivity contribution is 7.47. The third kappa shape index (κ3) is 33.6. The topological polar surface area (TPSA) is 296 Å². The van der Waals surface area contributed by atoms with Crippen molar-refractivity contribution in [3.8, 4) is 0 Å². The van der Waals surface area contributed by atoms with E-state index in [-0.39, 0.29) is 19.3 Å². The van der Waals surface area contributed by atoms with Gasteiger partial charge in [0.15, 0.2) is 6.10 Å². The van der Waals surface area contributed by atoms with E-state index in [1.165, 1.54) is 64.2 Å². The quantitative estimate of drug-likeness (QED) is 0.00940. The van der Waals surface area contributed by atoms with Crippen molar-refractivity contribution in [3.63, 3.8) is 0 Å². The Labute approximate surface area is 409 Å². The summed E-state index contributed by atoms with van der Waals surface area (Å²) in [7, 11) is -10.7. The molecule has 20 heteroatoms. The van der Waals surface area contributed by atoms with Crippen LogP contribution in [0.15, 0.2) is 72.9 Å². The largest absolute Gasteiger partial charge is 0.472 e. The van der Waals surface area contributed by atoms with Gasteiger partial charge in [-0.2, -0.15) is 0 Å². The standard InChI is InChI=1S/C49H84O18P2/c1-3-5-7-8-9-10-11-12-13-14-15-16-17-21-29-35-42(52)63-37-41(38-64-69(61,62)67-49-46(56)44(54)45(55)48(47(49)57)66-68(58,59)60)65-43(53)36-30-22-19-18-20-26-32-40(51)34-28-24-23-27-33-39(50)31-25-6-4-2/h6,19-20,22-28,33-34,39-41,44-51,54-57H,3-5,7-18,21,29-32,35-38H2,1-2H3,(H,61,62)(H2,58,59,60)/b22-19-,24-23-,25-6-,26-20-,33-27+,34-28+/t39-,40+,41+,44?,45?,46?,47?,48+,49-/m0/s1. The molecule has 0 radical (unpaired) electrons. The molecule has 0 aromatic carbocycles. The summed E-state index contributed by atoms with van der Waals surface area (Å²) in [6, 6.07) is 0. The Balaban J connectivity index is 2.68. The average Bonchev–Trinajstić information content (AvgIpc) is 3.30. The Kier molecular flexibility index (Phi) is 36.3. The fraction of sp³-hybridized carbons (Fsp3) is 0.714. The number of aliphatic hydroxyl groups excluding tert-OH is 6. The summed E-state index contributed by atoms with van der Waals surface area (Å²) in [5.41, 5.74) is 0. The van der Waals surface area contributed by atoms with Crippen molar-refractivity contribution in [2.24, 2.45) is 0 Å². The van der Waals surface area contributed by atoms with Crippen LogP contribution in [0.25, 0.3) is 0 Å². The number of carbonyl (C=O) groups excluding carboxylic acids is 2. The summed E-state index contributed by atoms with van der Waals surface area (Å²) in [5.74, 6) is -1.37. The molecular weight excluding hydrogens is 938 g/mol. The molecule has 1 fully saturated rings. The minimum Gasteiger partial charge on any atom is -0.462 e. The van der Waals surface area contributed by atoms with Gasteiger partial charge < -0.3 is 54.8 Å². The highest BCUT2D eigenvalue weighted by Gasteiger charge is 2.54. The summed E-state index contributed by atoms with van der Waals surface area (Å²) >= 11 is 0. The highest BCUT2D eigenvalue weighted by Crippen LogP contribution is 2.49. The second-order valence-corrected chi connectivity index (χ2v) is 19.8. The molecule has 0 saturated heterocycles. The number of rotatable bonds is 40. The van der Waals surface area contributed by atoms with Crippen LogP contribution in [-0.4, -0.2) is 125 Å². The van der Waals surface area contributed by atoms with Gasteiger partial charge >= 0.3 is 27.6 Å². The minimum atomic E-state index is -5.39. The van der Waals surface area contributed by atoms with Crippen molar-refractivity contribution in [2.75, 3.05) is 13.2 Å². The van der Waals surface area contributed by atoms with E-state index in [1.54, 1.807) is 48.6 Å². The zero-order valence-corrected chi connectivity index (χ0v) is 42.5. The second kappa shape index (κ2) is 39.0. The van der Waals surface area contributed by atoms with Crippen LogP contribution in [0, 0.1) is 0 Å². The number of unbranched alkanes of at least 4 members (excludes halogenated alkanes) is 14. The molecule has 0 spiro atoms. The number of ether oxygens (including phenoxy) is 2. The van der Waals surface area contributed by atoms with Gasteiger partial charge in [-0.05, 0) is 38.5 Å². The third-order valence-electron chi connectivity index (χ3n) is 11.0. The number of phosphoric ester groups is 2. The van der Waals surface area contributed by atoms with Crippen molar-refractivity contribution in [3.05, 3.63) is 72.9 Å². The average molecular weight is 1020 g/mol. The molecule has 0 amide bonds. The maximum absolute atomic E-state index is 13.0. The lowest BCUT2D eigenvalue weighted by Crippen LogP contribution is -2.64. The molecule has 69 heavy (non-hydrogen) atoms. The fourth-order valence-corrected chi connectivity index (χ4v) is 8.65. The van der Waals surface area contributed by atoms with E-state index >= 15 is 0 Å². The Morgan fingerprint density at radius 1 is 0.551 bits per heavy atom. The van der Waals surface area contributed by atoms with Crippen LogP contribution < -0.4 is 0 Å². The molecule has 0 heterocycles. The predicted molar refractivity (Wildman–Crippen MR) is 262 cm³/mol. The van der Waals surface area contributed by atoms with Crippen molar-refractivity contribution in [1.29, 1.82) is 0 Å². The van der Waals surface area contributed by atoms with E-state index in [1.807, 2.05) is 31.2 Å². The minimum absolute atomic E-state index is 0.0825. The normalized spacial score (nSPS) is 22.7. The molecule has 0 bridgehead atoms. The first-order chi connectivity index (χ1) is 32.9. The molecule has 5 unspecified atom stereocenters. The number of esters is 2. The van der Waals surface area contributed by atoms with E-state index in [9.17, 15) is 64.0 Å². The van der Waals surface area contributed by atoms with Crippen LogP contribution in [0.1, 0.15) is 155 Å². The zero-order valence-electron chi connectivity index (χ0n) is 40.7. The van der Waals surface area contributed by atoms with E-state index in [2.05, 4.69) is 11.4 Å². The fourth-order valence-electron chi connectivity index (χ4n) is 7.11. The van der Waals surface area contributed by atoms with E-state index in [0.29, 0.717) is 25.7 Å². The number of hydrogen-bond donors (Lipinski definition) is 9. The van der Waals surface area contributed by atoms with Gasteiger partial charge in [0.2, 0.25) is 0 Å². The van der Waals surface area contributed by atoms with Gasteiger partial charge in [0, 0.05) is 12.8 Å². The number of carbonyl (C=O) groups is 2. The van der Waals surface area contributed by atoms with Crippen LogP contribution in [0.4, 0.5) is 0 Å². The van der Waals surface area contributed by atoms with Gasteiger partial charge in [0.05, 0.1) is 18.8 Å². The van der Waals surface area contributed by atoms with Crippen LogP contribution in [0.2, 0.25) is 0 Å². The first-order valence-electron chi connectivity index (χ1n) is 24.7. The smallest absolute Gasteiger partial charge is 0.462 e. The molecule has 1 aliphatic rings. The van der Waals surface area contributed by atoms with Crippen molar-refractivity contribution in [1.82, 2.24) is 0 Å². The first kappa shape index (κ1) is 64.4. The lowest BCUT2D eigenvalue weighted by atomic mass is 9.85. The molecule has 1 aliphatic carbocycles. The van der Waals surface area contributed by atoms with Crippen LogP contribution in [-0.2, 0) is 41.8 Å². The summed E-state index contributed by atoms with van der Waals surface area (Å²) < 4.78 is 49.3. The molecule has 10 atom stereocenters. The SMILES string of the molecule is CC/C=C\C[C@H](O)/C=C/C=C\C=C\[C@H](O)C/C=C\C/C=C\CCC(=O)O[C@H](COC(=O)CCCCCCCCCCCCCCCCC)COP(=O)(O)O[C@H]1C(O)C(O)C(O)[C@@H](OP(=O)(O)O)C1O. The Bertz CT molecular complexity index is 1640. The highest BCUT2D eigenvalue weighted by atomic mass is 31.2. The van der Waals surface area contributed by atoms with Crippen molar-refractivity contribution >= 4 is 27.6 Å². The Morgan fingerprint density at radius 3 is 1.57 bits per heavy atom. The second-order valence-electron chi connectivity index (χ2n) is 17.2.